The summed E-state index contributed by atoms with van der Waals surface area (Å²) in [6, 6.07) is 5.38. The van der Waals surface area contributed by atoms with Crippen molar-refractivity contribution in [2.24, 2.45) is 18.0 Å². The first-order valence-corrected chi connectivity index (χ1v) is 13.0. The molecule has 33 heavy (non-hydrogen) atoms. The number of piperidine rings is 2. The van der Waals surface area contributed by atoms with E-state index >= 15 is 0 Å². The molecule has 4 atom stereocenters. The molecule has 174 valence electrons. The molecular formula is C28H38N5+. The van der Waals surface area contributed by atoms with E-state index < -0.39 is 0 Å². The van der Waals surface area contributed by atoms with Crippen LogP contribution in [0.2, 0.25) is 0 Å². The number of hydrogen-bond donors (Lipinski definition) is 0. The molecule has 4 heterocycles. The Hall–Kier alpha value is -2.45. The highest BCUT2D eigenvalue weighted by atomic mass is 15.3. The Balaban J connectivity index is 1.34. The molecule has 3 aliphatic heterocycles. The Morgan fingerprint density at radius 2 is 2.03 bits per heavy atom. The SMILES string of the molecule is CCC1C(N2CCC(N3CCCCC3)C(C)C2)=Nc2c1cc(C1C=CC(C#N)=CC1)c[n+]2C. The van der Waals surface area contributed by atoms with Crippen molar-refractivity contribution in [2.45, 2.75) is 70.3 Å². The molecule has 5 heteroatoms. The fraction of sp³-hybridized carbons (Fsp3) is 0.607. The summed E-state index contributed by atoms with van der Waals surface area (Å²) in [4.78, 5) is 10.6. The number of likely N-dealkylation sites (tertiary alicyclic amines) is 2. The van der Waals surface area contributed by atoms with Crippen LogP contribution < -0.4 is 4.57 Å². The van der Waals surface area contributed by atoms with Gasteiger partial charge in [0.15, 0.2) is 0 Å². The molecule has 0 amide bonds. The smallest absolute Gasteiger partial charge is 0.329 e. The second-order valence-corrected chi connectivity index (χ2v) is 10.4. The Bertz CT molecular complexity index is 1020. The van der Waals surface area contributed by atoms with Crippen LogP contribution in [-0.4, -0.2) is 47.9 Å². The number of nitrogens with zero attached hydrogens (tertiary/aromatic N) is 5. The molecule has 0 bridgehead atoms. The zero-order valence-electron chi connectivity index (χ0n) is 20.5. The summed E-state index contributed by atoms with van der Waals surface area (Å²) >= 11 is 0. The van der Waals surface area contributed by atoms with Crippen LogP contribution in [0.1, 0.15) is 75.3 Å². The maximum atomic E-state index is 9.15. The van der Waals surface area contributed by atoms with Crippen molar-refractivity contribution < 1.29 is 4.57 Å². The molecule has 1 aromatic heterocycles. The number of aliphatic imine (C=N–C) groups is 1. The Morgan fingerprint density at radius 1 is 1.21 bits per heavy atom. The minimum atomic E-state index is 0.334. The lowest BCUT2D eigenvalue weighted by Crippen LogP contribution is -2.53. The van der Waals surface area contributed by atoms with Crippen LogP contribution in [0.25, 0.3) is 0 Å². The van der Waals surface area contributed by atoms with Gasteiger partial charge in [-0.3, -0.25) is 4.90 Å². The highest BCUT2D eigenvalue weighted by Crippen LogP contribution is 2.40. The van der Waals surface area contributed by atoms with Crippen molar-refractivity contribution >= 4 is 11.7 Å². The minimum Gasteiger partial charge on any atom is -0.339 e. The average molecular weight is 445 g/mol. The number of aryl methyl sites for hydroxylation is 1. The lowest BCUT2D eigenvalue weighted by molar-refractivity contribution is -0.658. The van der Waals surface area contributed by atoms with Crippen LogP contribution in [0.15, 0.2) is 41.1 Å². The van der Waals surface area contributed by atoms with E-state index in [0.717, 1.165) is 43.4 Å². The zero-order chi connectivity index (χ0) is 22.9. The van der Waals surface area contributed by atoms with E-state index in [-0.39, 0.29) is 0 Å². The van der Waals surface area contributed by atoms with E-state index in [1.807, 2.05) is 6.08 Å². The highest BCUT2D eigenvalue weighted by Gasteiger charge is 2.42. The maximum absolute atomic E-state index is 9.15. The number of nitriles is 1. The van der Waals surface area contributed by atoms with Crippen molar-refractivity contribution in [2.75, 3.05) is 26.2 Å². The van der Waals surface area contributed by atoms with E-state index in [9.17, 15) is 0 Å². The molecule has 5 nitrogen and oxygen atoms in total. The molecule has 4 unspecified atom stereocenters. The molecule has 1 aromatic rings. The van der Waals surface area contributed by atoms with Gasteiger partial charge in [-0.05, 0) is 73.8 Å². The normalized spacial score (nSPS) is 29.9. The number of allylic oxidation sites excluding steroid dienone is 4. The largest absolute Gasteiger partial charge is 0.339 e. The Labute approximate surface area is 199 Å². The molecule has 4 aliphatic rings. The summed E-state index contributed by atoms with van der Waals surface area (Å²) in [6.45, 7) is 9.57. The fourth-order valence-electron chi connectivity index (χ4n) is 6.48. The third-order valence-corrected chi connectivity index (χ3v) is 8.27. The van der Waals surface area contributed by atoms with Crippen LogP contribution in [0.3, 0.4) is 0 Å². The molecule has 0 aromatic carbocycles. The van der Waals surface area contributed by atoms with Crippen LogP contribution in [-0.2, 0) is 7.05 Å². The van der Waals surface area contributed by atoms with Gasteiger partial charge >= 0.3 is 5.82 Å². The van der Waals surface area contributed by atoms with Gasteiger partial charge in [-0.15, -0.1) is 0 Å². The van der Waals surface area contributed by atoms with Gasteiger partial charge in [0, 0.05) is 30.6 Å². The molecular weight excluding hydrogens is 406 g/mol. The zero-order valence-corrected chi connectivity index (χ0v) is 20.5. The van der Waals surface area contributed by atoms with Crippen LogP contribution >= 0.6 is 0 Å². The summed E-state index contributed by atoms with van der Waals surface area (Å²) in [5.41, 5.74) is 3.48. The second-order valence-electron chi connectivity index (χ2n) is 10.4. The van der Waals surface area contributed by atoms with Gasteiger partial charge in [0.2, 0.25) is 5.84 Å². The molecule has 2 saturated heterocycles. The molecule has 0 radical (unpaired) electrons. The van der Waals surface area contributed by atoms with E-state index in [1.54, 1.807) is 0 Å². The highest BCUT2D eigenvalue weighted by molar-refractivity contribution is 5.95. The third kappa shape index (κ3) is 4.26. The number of fused-ring (bicyclic) bond motifs is 1. The van der Waals surface area contributed by atoms with Crippen molar-refractivity contribution in [3.8, 4) is 6.07 Å². The first-order chi connectivity index (χ1) is 16.1. The van der Waals surface area contributed by atoms with Crippen molar-refractivity contribution in [3.63, 3.8) is 0 Å². The van der Waals surface area contributed by atoms with Gasteiger partial charge in [-0.1, -0.05) is 32.4 Å². The van der Waals surface area contributed by atoms with Gasteiger partial charge in [-0.25, -0.2) is 4.57 Å². The molecule has 5 rings (SSSR count). The van der Waals surface area contributed by atoms with E-state index in [1.165, 1.54) is 55.7 Å². The molecule has 1 aliphatic carbocycles. The predicted molar refractivity (Wildman–Crippen MR) is 133 cm³/mol. The Morgan fingerprint density at radius 3 is 2.70 bits per heavy atom. The van der Waals surface area contributed by atoms with Gasteiger partial charge < -0.3 is 4.90 Å². The molecule has 0 spiro atoms. The third-order valence-electron chi connectivity index (χ3n) is 8.27. The van der Waals surface area contributed by atoms with Crippen LogP contribution in [0.4, 0.5) is 5.82 Å². The first-order valence-electron chi connectivity index (χ1n) is 13.0. The van der Waals surface area contributed by atoms with E-state index in [2.05, 4.69) is 65.7 Å². The number of pyridine rings is 1. The van der Waals surface area contributed by atoms with Gasteiger partial charge in [0.25, 0.3) is 0 Å². The van der Waals surface area contributed by atoms with Gasteiger partial charge in [-0.2, -0.15) is 5.26 Å². The quantitative estimate of drug-likeness (QED) is 0.633. The standard InChI is InChI=1S/C28H38N5/c1-4-24-25-16-23(22-10-8-21(17-29)9-11-22)19-31(3)27(25)30-28(24)33-15-12-26(20(2)18-33)32-13-6-5-7-14-32/h8-10,16,19-20,22,24,26H,4-7,11-15,18H2,1-3H3/q+1. The number of aromatic nitrogens is 1. The molecule has 0 N–H and O–H groups in total. The number of hydrogen-bond acceptors (Lipinski definition) is 4. The van der Waals surface area contributed by atoms with Crippen molar-refractivity contribution in [1.29, 1.82) is 5.26 Å². The number of amidine groups is 1. The van der Waals surface area contributed by atoms with E-state index in [0.29, 0.717) is 17.8 Å². The van der Waals surface area contributed by atoms with Crippen LogP contribution in [0.5, 0.6) is 0 Å². The first kappa shape index (κ1) is 22.3. The fourth-order valence-corrected chi connectivity index (χ4v) is 6.48. The average Bonchev–Trinajstić information content (AvgIpc) is 3.24. The second kappa shape index (κ2) is 9.43. The van der Waals surface area contributed by atoms with E-state index in [4.69, 9.17) is 10.3 Å². The maximum Gasteiger partial charge on any atom is 0.329 e. The molecule has 2 fully saturated rings. The monoisotopic (exact) mass is 444 g/mol. The topological polar surface area (TPSA) is 46.5 Å². The van der Waals surface area contributed by atoms with Gasteiger partial charge in [0.05, 0.1) is 30.8 Å². The summed E-state index contributed by atoms with van der Waals surface area (Å²) < 4.78 is 2.22. The lowest BCUT2D eigenvalue weighted by atomic mass is 9.87. The number of rotatable bonds is 3. The summed E-state index contributed by atoms with van der Waals surface area (Å²) in [5.74, 6) is 3.80. The molecule has 0 saturated carbocycles. The minimum absolute atomic E-state index is 0.334. The summed E-state index contributed by atoms with van der Waals surface area (Å²) in [5, 5.41) is 9.15. The Kier molecular flexibility index (Phi) is 6.38. The van der Waals surface area contributed by atoms with Crippen LogP contribution in [0, 0.1) is 17.2 Å². The van der Waals surface area contributed by atoms with Crippen molar-refractivity contribution in [1.82, 2.24) is 9.80 Å². The summed E-state index contributed by atoms with van der Waals surface area (Å²) in [7, 11) is 2.13. The summed E-state index contributed by atoms with van der Waals surface area (Å²) in [6.07, 6.45) is 15.8. The van der Waals surface area contributed by atoms with Crippen molar-refractivity contribution in [3.05, 3.63) is 47.2 Å². The predicted octanol–water partition coefficient (Wildman–Crippen LogP) is 4.74. The lowest BCUT2D eigenvalue weighted by Gasteiger charge is -2.44. The van der Waals surface area contributed by atoms with Gasteiger partial charge in [0.1, 0.15) is 0 Å².